The van der Waals surface area contributed by atoms with Gasteiger partial charge in [-0.05, 0) is 31.0 Å². The number of carbonyl (C=O) groups excluding carboxylic acids is 1. The summed E-state index contributed by atoms with van der Waals surface area (Å²) in [7, 11) is 1.86. The van der Waals surface area contributed by atoms with Crippen molar-refractivity contribution in [1.82, 2.24) is 14.8 Å². The molecule has 8 heteroatoms. The van der Waals surface area contributed by atoms with E-state index in [0.717, 1.165) is 16.7 Å². The molecule has 2 aromatic carbocycles. The van der Waals surface area contributed by atoms with Gasteiger partial charge in [-0.1, -0.05) is 47.7 Å². The van der Waals surface area contributed by atoms with Crippen molar-refractivity contribution in [1.29, 1.82) is 0 Å². The van der Waals surface area contributed by atoms with Crippen LogP contribution in [0.3, 0.4) is 0 Å². The minimum absolute atomic E-state index is 0.145. The van der Waals surface area contributed by atoms with Gasteiger partial charge in [-0.25, -0.2) is 4.98 Å². The number of aromatic hydroxyl groups is 1. The van der Waals surface area contributed by atoms with Gasteiger partial charge in [0.05, 0.1) is 11.9 Å². The highest BCUT2D eigenvalue weighted by atomic mass is 32.1. The number of amides is 1. The average Bonchev–Trinajstić information content (AvgIpc) is 3.35. The molecule has 0 aliphatic heterocycles. The van der Waals surface area contributed by atoms with E-state index < -0.39 is 0 Å². The van der Waals surface area contributed by atoms with Gasteiger partial charge in [0.25, 0.3) is 5.91 Å². The maximum atomic E-state index is 12.7. The first-order valence-corrected chi connectivity index (χ1v) is 10.2. The Morgan fingerprint density at radius 2 is 1.90 bits per heavy atom. The molecule has 0 aliphatic rings. The van der Waals surface area contributed by atoms with E-state index in [4.69, 9.17) is 0 Å². The number of rotatable bonds is 5. The number of aryl methyl sites for hydroxylation is 2. The molecule has 0 aliphatic carbocycles. The summed E-state index contributed by atoms with van der Waals surface area (Å²) in [6.45, 7) is 3.65. The highest BCUT2D eigenvalue weighted by Crippen LogP contribution is 2.32. The minimum Gasteiger partial charge on any atom is -0.508 e. The van der Waals surface area contributed by atoms with Crippen molar-refractivity contribution in [2.24, 2.45) is 7.05 Å². The number of phenolic OH excluding ortho intramolecular Hbond substituents is 1. The van der Waals surface area contributed by atoms with Crippen LogP contribution in [0.1, 0.15) is 20.8 Å². The lowest BCUT2D eigenvalue weighted by atomic mass is 10.1. The monoisotopic (exact) mass is 419 g/mol. The summed E-state index contributed by atoms with van der Waals surface area (Å²) in [5, 5.41) is 21.1. The summed E-state index contributed by atoms with van der Waals surface area (Å²) >= 11 is 1.24. The molecule has 1 amide bonds. The van der Waals surface area contributed by atoms with Crippen molar-refractivity contribution in [3.05, 3.63) is 70.9 Å². The zero-order valence-electron chi connectivity index (χ0n) is 16.8. The number of nitrogens with zero attached hydrogens (tertiary/aromatic N) is 3. The lowest BCUT2D eigenvalue weighted by Crippen LogP contribution is -2.12. The predicted molar refractivity (Wildman–Crippen MR) is 120 cm³/mol. The Labute approximate surface area is 178 Å². The van der Waals surface area contributed by atoms with Crippen LogP contribution < -0.4 is 10.6 Å². The Balaban J connectivity index is 1.55. The van der Waals surface area contributed by atoms with Crippen molar-refractivity contribution in [2.45, 2.75) is 13.8 Å². The molecule has 0 radical (unpaired) electrons. The van der Waals surface area contributed by atoms with Gasteiger partial charge in [-0.3, -0.25) is 9.48 Å². The van der Waals surface area contributed by atoms with Crippen molar-refractivity contribution in [3.8, 4) is 16.9 Å². The Morgan fingerprint density at radius 3 is 2.67 bits per heavy atom. The molecule has 152 valence electrons. The fourth-order valence-electron chi connectivity index (χ4n) is 3.15. The third-order valence-electron chi connectivity index (χ3n) is 4.75. The molecule has 2 heterocycles. The maximum absolute atomic E-state index is 12.7. The Kier molecular flexibility index (Phi) is 5.24. The third kappa shape index (κ3) is 3.90. The van der Waals surface area contributed by atoms with Gasteiger partial charge in [0, 0.05) is 24.4 Å². The van der Waals surface area contributed by atoms with Crippen molar-refractivity contribution in [3.63, 3.8) is 0 Å². The summed E-state index contributed by atoms with van der Waals surface area (Å²) in [5.41, 5.74) is 4.11. The van der Waals surface area contributed by atoms with Crippen LogP contribution in [0.15, 0.2) is 54.9 Å². The van der Waals surface area contributed by atoms with Gasteiger partial charge in [0.15, 0.2) is 10.9 Å². The SMILES string of the molecule is Cc1ccc(O)c(C)c1NC(=O)c1cnc(Nc2nn(C)cc2-c2ccccc2)s1. The van der Waals surface area contributed by atoms with E-state index in [1.807, 2.05) is 50.5 Å². The van der Waals surface area contributed by atoms with Crippen LogP contribution in [0.25, 0.3) is 11.1 Å². The van der Waals surface area contributed by atoms with Crippen LogP contribution in [0.2, 0.25) is 0 Å². The van der Waals surface area contributed by atoms with Gasteiger partial charge in [-0.2, -0.15) is 5.10 Å². The third-order valence-corrected chi connectivity index (χ3v) is 5.66. The van der Waals surface area contributed by atoms with Crippen LogP contribution in [-0.4, -0.2) is 25.8 Å². The van der Waals surface area contributed by atoms with Crippen molar-refractivity contribution in [2.75, 3.05) is 10.6 Å². The fourth-order valence-corrected chi connectivity index (χ4v) is 3.86. The van der Waals surface area contributed by atoms with Gasteiger partial charge in [0.1, 0.15) is 10.6 Å². The molecule has 7 nitrogen and oxygen atoms in total. The molecule has 4 aromatic rings. The van der Waals surface area contributed by atoms with Crippen molar-refractivity contribution >= 4 is 33.9 Å². The molecule has 0 saturated heterocycles. The lowest BCUT2D eigenvalue weighted by molar-refractivity contribution is 0.103. The summed E-state index contributed by atoms with van der Waals surface area (Å²) in [5.74, 6) is 0.539. The summed E-state index contributed by atoms with van der Waals surface area (Å²) < 4.78 is 1.74. The number of aromatic nitrogens is 3. The topological polar surface area (TPSA) is 92.1 Å². The smallest absolute Gasteiger partial charge is 0.267 e. The standard InChI is InChI=1S/C22H21N5O2S/c1-13-9-10-17(28)14(2)19(13)24-21(29)18-11-23-22(30-18)25-20-16(12-27(3)26-20)15-7-5-4-6-8-15/h4-12,28H,1-3H3,(H,24,29)(H,23,25,26). The number of thiazole rings is 1. The molecule has 0 atom stereocenters. The number of carbonyl (C=O) groups is 1. The first-order chi connectivity index (χ1) is 14.4. The highest BCUT2D eigenvalue weighted by molar-refractivity contribution is 7.17. The fraction of sp³-hybridized carbons (Fsp3) is 0.136. The summed E-state index contributed by atoms with van der Waals surface area (Å²) in [4.78, 5) is 17.5. The first-order valence-electron chi connectivity index (χ1n) is 9.35. The van der Waals surface area contributed by atoms with Gasteiger partial charge in [0.2, 0.25) is 0 Å². The molecule has 0 saturated carbocycles. The van der Waals surface area contributed by atoms with E-state index in [0.29, 0.717) is 27.1 Å². The van der Waals surface area contributed by atoms with E-state index >= 15 is 0 Å². The second-order valence-corrected chi connectivity index (χ2v) is 7.97. The highest BCUT2D eigenvalue weighted by Gasteiger charge is 2.16. The Morgan fingerprint density at radius 1 is 1.13 bits per heavy atom. The molecule has 0 fully saturated rings. The number of hydrogen-bond donors (Lipinski definition) is 3. The van der Waals surface area contributed by atoms with E-state index in [2.05, 4.69) is 20.7 Å². The molecule has 0 spiro atoms. The van der Waals surface area contributed by atoms with Crippen LogP contribution in [0, 0.1) is 13.8 Å². The van der Waals surface area contributed by atoms with Crippen LogP contribution in [0.5, 0.6) is 5.75 Å². The largest absolute Gasteiger partial charge is 0.508 e. The number of hydrogen-bond acceptors (Lipinski definition) is 6. The first kappa shape index (κ1) is 19.7. The van der Waals surface area contributed by atoms with Crippen LogP contribution >= 0.6 is 11.3 Å². The molecule has 4 rings (SSSR count). The molecule has 3 N–H and O–H groups in total. The summed E-state index contributed by atoms with van der Waals surface area (Å²) in [6, 6.07) is 13.3. The van der Waals surface area contributed by atoms with E-state index in [9.17, 15) is 9.90 Å². The normalized spacial score (nSPS) is 10.8. The number of phenols is 1. The van der Waals surface area contributed by atoms with Gasteiger partial charge in [-0.15, -0.1) is 0 Å². The Hall–Kier alpha value is -3.65. The molecular weight excluding hydrogens is 398 g/mol. The van der Waals surface area contributed by atoms with E-state index in [1.165, 1.54) is 17.5 Å². The number of anilines is 3. The van der Waals surface area contributed by atoms with Gasteiger partial charge >= 0.3 is 0 Å². The maximum Gasteiger partial charge on any atom is 0.267 e. The molecule has 0 unspecified atom stereocenters. The zero-order valence-corrected chi connectivity index (χ0v) is 17.6. The summed E-state index contributed by atoms with van der Waals surface area (Å²) in [6.07, 6.45) is 3.47. The zero-order chi connectivity index (χ0) is 21.3. The molecule has 2 aromatic heterocycles. The van der Waals surface area contributed by atoms with Crippen LogP contribution in [0.4, 0.5) is 16.6 Å². The molecular formula is C22H21N5O2S. The van der Waals surface area contributed by atoms with E-state index in [1.54, 1.807) is 23.7 Å². The molecule has 0 bridgehead atoms. The Bertz CT molecular complexity index is 1210. The lowest BCUT2D eigenvalue weighted by Gasteiger charge is -2.11. The quantitative estimate of drug-likeness (QED) is 0.430. The number of nitrogens with one attached hydrogen (secondary N) is 2. The predicted octanol–water partition coefficient (Wildman–Crippen LogP) is 4.86. The van der Waals surface area contributed by atoms with Crippen LogP contribution in [-0.2, 0) is 7.05 Å². The average molecular weight is 420 g/mol. The number of benzene rings is 2. The second-order valence-electron chi connectivity index (χ2n) is 6.94. The minimum atomic E-state index is -0.276. The van der Waals surface area contributed by atoms with E-state index in [-0.39, 0.29) is 11.7 Å². The van der Waals surface area contributed by atoms with Gasteiger partial charge < -0.3 is 15.7 Å². The second kappa shape index (κ2) is 8.00. The molecule has 30 heavy (non-hydrogen) atoms. The van der Waals surface area contributed by atoms with Crippen molar-refractivity contribution < 1.29 is 9.90 Å².